The number of hydrogen-bond donors (Lipinski definition) is 0. The molecule has 0 spiro atoms. The Kier molecular flexibility index (Phi) is 7.01. The molecular weight excluding hydrogens is 518 g/mol. The van der Waals surface area contributed by atoms with E-state index < -0.39 is 0 Å². The van der Waals surface area contributed by atoms with E-state index in [1.807, 2.05) is 0 Å². The van der Waals surface area contributed by atoms with Crippen molar-refractivity contribution in [2.24, 2.45) is 0 Å². The average molecular weight is 554 g/mol. The minimum absolute atomic E-state index is 0.0618. The van der Waals surface area contributed by atoms with Gasteiger partial charge in [-0.3, -0.25) is 0 Å². The van der Waals surface area contributed by atoms with Gasteiger partial charge in [-0.1, -0.05) is 147 Å². The smallest absolute Gasteiger partial charge is 0.0461 e. The number of fused-ring (bicyclic) bond motifs is 3. The quantitative estimate of drug-likeness (QED) is 0.190. The molecule has 0 saturated carbocycles. The third-order valence-corrected chi connectivity index (χ3v) is 8.75. The molecule has 7 rings (SSSR count). The molecule has 6 aromatic rings. The van der Waals surface area contributed by atoms with Crippen molar-refractivity contribution in [2.75, 3.05) is 4.90 Å². The summed E-state index contributed by atoms with van der Waals surface area (Å²) in [5.41, 5.74) is 13.9. The zero-order chi connectivity index (χ0) is 29.2. The zero-order valence-corrected chi connectivity index (χ0v) is 24.7. The van der Waals surface area contributed by atoms with Crippen molar-refractivity contribution < 1.29 is 0 Å². The minimum Gasteiger partial charge on any atom is -0.317 e. The lowest BCUT2D eigenvalue weighted by Gasteiger charge is -2.26. The summed E-state index contributed by atoms with van der Waals surface area (Å²) in [6.07, 6.45) is 5.39. The van der Waals surface area contributed by atoms with Gasteiger partial charge in [0.1, 0.15) is 0 Å². The largest absolute Gasteiger partial charge is 0.317 e. The van der Waals surface area contributed by atoms with Gasteiger partial charge in [0, 0.05) is 23.0 Å². The number of hydrogen-bond acceptors (Lipinski definition) is 1. The first-order chi connectivity index (χ1) is 21.1. The number of allylic oxidation sites excluding steroid dienone is 1. The van der Waals surface area contributed by atoms with E-state index in [1.54, 1.807) is 0 Å². The molecule has 1 heteroatoms. The molecule has 6 aromatic carbocycles. The second-order valence-electron chi connectivity index (χ2n) is 11.8. The van der Waals surface area contributed by atoms with E-state index in [-0.39, 0.29) is 5.41 Å². The summed E-state index contributed by atoms with van der Waals surface area (Å²) in [5, 5.41) is 0. The van der Waals surface area contributed by atoms with Crippen LogP contribution < -0.4 is 4.90 Å². The average Bonchev–Trinajstić information content (AvgIpc) is 3.30. The molecule has 0 radical (unpaired) electrons. The van der Waals surface area contributed by atoms with Gasteiger partial charge in [0.25, 0.3) is 0 Å². The van der Waals surface area contributed by atoms with Crippen molar-refractivity contribution in [2.45, 2.75) is 25.7 Å². The Labute approximate surface area is 255 Å². The zero-order valence-electron chi connectivity index (χ0n) is 24.7. The second kappa shape index (κ2) is 11.3. The van der Waals surface area contributed by atoms with Crippen LogP contribution in [0.25, 0.3) is 33.4 Å². The van der Waals surface area contributed by atoms with Gasteiger partial charge in [0.2, 0.25) is 0 Å². The third-order valence-electron chi connectivity index (χ3n) is 8.75. The lowest BCUT2D eigenvalue weighted by atomic mass is 9.82. The molecule has 208 valence electrons. The van der Waals surface area contributed by atoms with E-state index in [0.29, 0.717) is 0 Å². The molecule has 1 nitrogen and oxygen atoms in total. The molecule has 0 amide bonds. The third kappa shape index (κ3) is 5.08. The van der Waals surface area contributed by atoms with Gasteiger partial charge in [0.05, 0.1) is 0 Å². The van der Waals surface area contributed by atoms with Crippen LogP contribution in [-0.4, -0.2) is 0 Å². The Balaban J connectivity index is 1.36. The van der Waals surface area contributed by atoms with Crippen molar-refractivity contribution in [3.05, 3.63) is 181 Å². The molecule has 0 atom stereocenters. The van der Waals surface area contributed by atoms with Gasteiger partial charge in [0.15, 0.2) is 0 Å². The molecule has 0 heterocycles. The molecule has 0 bridgehead atoms. The number of nitrogens with zero attached hydrogens (tertiary/aromatic N) is 1. The lowest BCUT2D eigenvalue weighted by Crippen LogP contribution is -2.16. The minimum atomic E-state index is -0.0618. The van der Waals surface area contributed by atoms with Gasteiger partial charge >= 0.3 is 0 Å². The van der Waals surface area contributed by atoms with E-state index in [9.17, 15) is 0 Å². The molecular formula is C42H35N. The molecule has 0 unspecified atom stereocenters. The fourth-order valence-electron chi connectivity index (χ4n) is 6.48. The van der Waals surface area contributed by atoms with E-state index >= 15 is 0 Å². The van der Waals surface area contributed by atoms with Crippen LogP contribution in [0.15, 0.2) is 164 Å². The van der Waals surface area contributed by atoms with Crippen LogP contribution in [0.2, 0.25) is 0 Å². The predicted molar refractivity (Wildman–Crippen MR) is 183 cm³/mol. The Bertz CT molecular complexity index is 1900. The summed E-state index contributed by atoms with van der Waals surface area (Å²) >= 11 is 0. The van der Waals surface area contributed by atoms with Crippen molar-refractivity contribution >= 4 is 11.4 Å². The monoisotopic (exact) mass is 553 g/mol. The van der Waals surface area contributed by atoms with E-state index in [1.165, 1.54) is 50.1 Å². The first-order valence-electron chi connectivity index (χ1n) is 15.1. The molecule has 0 fully saturated rings. The van der Waals surface area contributed by atoms with E-state index in [4.69, 9.17) is 0 Å². The highest BCUT2D eigenvalue weighted by Crippen LogP contribution is 2.50. The maximum Gasteiger partial charge on any atom is 0.0461 e. The van der Waals surface area contributed by atoms with Crippen LogP contribution in [-0.2, 0) is 11.8 Å². The molecule has 1 aliphatic rings. The number of anilines is 2. The molecule has 43 heavy (non-hydrogen) atoms. The number of benzene rings is 6. The van der Waals surface area contributed by atoms with Crippen LogP contribution in [0.4, 0.5) is 11.4 Å². The summed E-state index contributed by atoms with van der Waals surface area (Å²) in [7, 11) is 0. The summed E-state index contributed by atoms with van der Waals surface area (Å²) < 4.78 is 0. The van der Waals surface area contributed by atoms with Crippen LogP contribution in [0.1, 0.15) is 30.5 Å². The number of rotatable bonds is 7. The van der Waals surface area contributed by atoms with Crippen LogP contribution in [0, 0.1) is 0 Å². The molecule has 0 saturated heterocycles. The topological polar surface area (TPSA) is 3.24 Å². The molecule has 0 N–H and O–H groups in total. The maximum absolute atomic E-state index is 2.40. The van der Waals surface area contributed by atoms with E-state index in [0.717, 1.165) is 17.8 Å². The van der Waals surface area contributed by atoms with Gasteiger partial charge in [-0.05, 0) is 80.8 Å². The SMILES string of the molecule is CC1(C)c2ccccc2-c2ccc(N(/C=C\Cc3ccccc3)c3ccc(-c4ccccc4)c(-c4ccccc4)c3)cc21. The normalized spacial score (nSPS) is 13.1. The molecule has 1 aliphatic carbocycles. The molecule has 0 aromatic heterocycles. The highest BCUT2D eigenvalue weighted by Gasteiger charge is 2.35. The Hall–Kier alpha value is -5.14. The summed E-state index contributed by atoms with van der Waals surface area (Å²) in [5.74, 6) is 0. The van der Waals surface area contributed by atoms with Crippen molar-refractivity contribution in [3.8, 4) is 33.4 Å². The summed E-state index contributed by atoms with van der Waals surface area (Å²) in [6, 6.07) is 54.8. The van der Waals surface area contributed by atoms with E-state index in [2.05, 4.69) is 183 Å². The second-order valence-corrected chi connectivity index (χ2v) is 11.8. The first kappa shape index (κ1) is 26.7. The highest BCUT2D eigenvalue weighted by molar-refractivity contribution is 5.88. The first-order valence-corrected chi connectivity index (χ1v) is 15.1. The van der Waals surface area contributed by atoms with Crippen molar-refractivity contribution in [3.63, 3.8) is 0 Å². The Morgan fingerprint density at radius 3 is 1.72 bits per heavy atom. The maximum atomic E-state index is 2.40. The highest BCUT2D eigenvalue weighted by atomic mass is 15.1. The predicted octanol–water partition coefficient (Wildman–Crippen LogP) is 11.2. The van der Waals surface area contributed by atoms with Gasteiger partial charge in [-0.25, -0.2) is 0 Å². The van der Waals surface area contributed by atoms with Crippen molar-refractivity contribution in [1.29, 1.82) is 0 Å². The van der Waals surface area contributed by atoms with Crippen LogP contribution >= 0.6 is 0 Å². The van der Waals surface area contributed by atoms with Gasteiger partial charge in [-0.15, -0.1) is 0 Å². The van der Waals surface area contributed by atoms with Gasteiger partial charge < -0.3 is 4.90 Å². The lowest BCUT2D eigenvalue weighted by molar-refractivity contribution is 0.660. The Morgan fingerprint density at radius 1 is 0.488 bits per heavy atom. The summed E-state index contributed by atoms with van der Waals surface area (Å²) in [4.78, 5) is 2.35. The summed E-state index contributed by atoms with van der Waals surface area (Å²) in [6.45, 7) is 4.69. The standard InChI is InChI=1S/C42H35N/c1-42(2)40-23-13-12-22-37(40)38-27-25-35(30-41(38)42)43(28-14-17-31-15-6-3-7-16-31)34-24-26-36(32-18-8-4-9-19-32)39(29-34)33-20-10-5-11-21-33/h3-16,18-30H,17H2,1-2H3/b28-14-. The van der Waals surface area contributed by atoms with Crippen molar-refractivity contribution in [1.82, 2.24) is 0 Å². The fraction of sp³-hybridized carbons (Fsp3) is 0.0952. The Morgan fingerprint density at radius 2 is 1.02 bits per heavy atom. The molecule has 0 aliphatic heterocycles. The van der Waals surface area contributed by atoms with Crippen LogP contribution in [0.5, 0.6) is 0 Å². The van der Waals surface area contributed by atoms with Gasteiger partial charge in [-0.2, -0.15) is 0 Å². The van der Waals surface area contributed by atoms with Crippen LogP contribution in [0.3, 0.4) is 0 Å². The fourth-order valence-corrected chi connectivity index (χ4v) is 6.48.